The van der Waals surface area contributed by atoms with Gasteiger partial charge in [0.05, 0.1) is 5.38 Å². The molecule has 0 spiro atoms. The summed E-state index contributed by atoms with van der Waals surface area (Å²) in [7, 11) is 0. The molecule has 0 radical (unpaired) electrons. The lowest BCUT2D eigenvalue weighted by molar-refractivity contribution is -0.0801. The van der Waals surface area contributed by atoms with Crippen molar-refractivity contribution in [1.82, 2.24) is 0 Å². The number of halogens is 1. The first-order chi connectivity index (χ1) is 9.67. The molecule has 0 aromatic heterocycles. The summed E-state index contributed by atoms with van der Waals surface area (Å²) in [6.07, 6.45) is 3.11. The maximum absolute atomic E-state index is 6.24. The molecule has 1 saturated carbocycles. The standard InChI is InChI=1S/C17H25ClO2/c1-4-10-19-17-14(18)11-16(17)20-15-9-7-6-8-13(15)12(3)5-2/h6-9,12,14,16-17H,4-5,10-11H2,1-3H3. The van der Waals surface area contributed by atoms with Crippen molar-refractivity contribution in [3.05, 3.63) is 29.8 Å². The molecule has 1 aromatic rings. The molecule has 0 aliphatic heterocycles. The zero-order chi connectivity index (χ0) is 14.5. The Kier molecular flexibility index (Phi) is 5.74. The molecule has 3 heteroatoms. The van der Waals surface area contributed by atoms with E-state index in [2.05, 4.69) is 39.0 Å². The molecule has 20 heavy (non-hydrogen) atoms. The summed E-state index contributed by atoms with van der Waals surface area (Å²) in [4.78, 5) is 0. The predicted octanol–water partition coefficient (Wildman–Crippen LogP) is 4.75. The van der Waals surface area contributed by atoms with Gasteiger partial charge in [-0.25, -0.2) is 0 Å². The molecular formula is C17H25ClO2. The van der Waals surface area contributed by atoms with Crippen LogP contribution in [0.25, 0.3) is 0 Å². The highest BCUT2D eigenvalue weighted by Gasteiger charge is 2.43. The largest absolute Gasteiger partial charge is 0.487 e. The number of ether oxygens (including phenoxy) is 2. The number of para-hydroxylation sites is 1. The molecular weight excluding hydrogens is 272 g/mol. The number of benzene rings is 1. The van der Waals surface area contributed by atoms with E-state index in [1.165, 1.54) is 5.56 Å². The van der Waals surface area contributed by atoms with Crippen LogP contribution >= 0.6 is 11.6 Å². The number of hydrogen-bond donors (Lipinski definition) is 0. The Morgan fingerprint density at radius 3 is 2.70 bits per heavy atom. The van der Waals surface area contributed by atoms with E-state index in [0.717, 1.165) is 31.6 Å². The van der Waals surface area contributed by atoms with Gasteiger partial charge in [0.15, 0.2) is 0 Å². The molecule has 0 bridgehead atoms. The van der Waals surface area contributed by atoms with E-state index >= 15 is 0 Å². The molecule has 0 saturated heterocycles. The van der Waals surface area contributed by atoms with Crippen LogP contribution in [0, 0.1) is 0 Å². The van der Waals surface area contributed by atoms with E-state index in [1.807, 2.05) is 6.07 Å². The molecule has 1 fully saturated rings. The lowest BCUT2D eigenvalue weighted by Crippen LogP contribution is -2.52. The average Bonchev–Trinajstić information content (AvgIpc) is 2.46. The fourth-order valence-corrected chi connectivity index (χ4v) is 2.90. The molecule has 112 valence electrons. The van der Waals surface area contributed by atoms with Crippen molar-refractivity contribution >= 4 is 11.6 Å². The van der Waals surface area contributed by atoms with Crippen molar-refractivity contribution < 1.29 is 9.47 Å². The van der Waals surface area contributed by atoms with Crippen molar-refractivity contribution in [3.8, 4) is 5.75 Å². The second kappa shape index (κ2) is 7.33. The van der Waals surface area contributed by atoms with Gasteiger partial charge in [-0.3, -0.25) is 0 Å². The van der Waals surface area contributed by atoms with E-state index in [4.69, 9.17) is 21.1 Å². The van der Waals surface area contributed by atoms with Crippen LogP contribution in [0.2, 0.25) is 0 Å². The fourth-order valence-electron chi connectivity index (χ4n) is 2.49. The Morgan fingerprint density at radius 2 is 2.05 bits per heavy atom. The van der Waals surface area contributed by atoms with Gasteiger partial charge in [-0.05, 0) is 30.4 Å². The summed E-state index contributed by atoms with van der Waals surface area (Å²) >= 11 is 6.24. The van der Waals surface area contributed by atoms with Crippen LogP contribution in [-0.2, 0) is 4.74 Å². The number of alkyl halides is 1. The Bertz CT molecular complexity index is 421. The van der Waals surface area contributed by atoms with E-state index in [1.54, 1.807) is 0 Å². The van der Waals surface area contributed by atoms with Gasteiger partial charge in [0.2, 0.25) is 0 Å². The minimum absolute atomic E-state index is 0.0293. The molecule has 1 aromatic carbocycles. The van der Waals surface area contributed by atoms with Crippen molar-refractivity contribution in [2.24, 2.45) is 0 Å². The molecule has 1 aliphatic carbocycles. The summed E-state index contributed by atoms with van der Waals surface area (Å²) in [6.45, 7) is 7.29. The van der Waals surface area contributed by atoms with E-state index in [-0.39, 0.29) is 17.6 Å². The first-order valence-corrected chi connectivity index (χ1v) is 8.12. The predicted molar refractivity (Wildman–Crippen MR) is 83.9 cm³/mol. The highest BCUT2D eigenvalue weighted by Crippen LogP contribution is 2.36. The van der Waals surface area contributed by atoms with Gasteiger partial charge in [-0.15, -0.1) is 11.6 Å². The summed E-state index contributed by atoms with van der Waals surface area (Å²) in [5.41, 5.74) is 1.28. The lowest BCUT2D eigenvalue weighted by Gasteiger charge is -2.41. The van der Waals surface area contributed by atoms with Crippen LogP contribution in [0.3, 0.4) is 0 Å². The first-order valence-electron chi connectivity index (χ1n) is 7.68. The highest BCUT2D eigenvalue weighted by molar-refractivity contribution is 6.21. The van der Waals surface area contributed by atoms with Crippen LogP contribution in [0.1, 0.15) is 51.5 Å². The maximum atomic E-state index is 6.24. The summed E-state index contributed by atoms with van der Waals surface area (Å²) in [5, 5.41) is 0.0855. The Hall–Kier alpha value is -0.730. The molecule has 4 unspecified atom stereocenters. The van der Waals surface area contributed by atoms with Gasteiger partial charge in [-0.2, -0.15) is 0 Å². The second-order valence-electron chi connectivity index (χ2n) is 5.59. The van der Waals surface area contributed by atoms with Crippen molar-refractivity contribution in [2.45, 2.75) is 63.5 Å². The second-order valence-corrected chi connectivity index (χ2v) is 6.15. The lowest BCUT2D eigenvalue weighted by atomic mass is 9.90. The minimum atomic E-state index is 0.0293. The van der Waals surface area contributed by atoms with Gasteiger partial charge >= 0.3 is 0 Å². The third-order valence-corrected chi connectivity index (χ3v) is 4.46. The van der Waals surface area contributed by atoms with E-state index in [9.17, 15) is 0 Å². The van der Waals surface area contributed by atoms with Gasteiger partial charge in [-0.1, -0.05) is 39.0 Å². The molecule has 0 N–H and O–H groups in total. The van der Waals surface area contributed by atoms with Crippen LogP contribution < -0.4 is 4.74 Å². The fraction of sp³-hybridized carbons (Fsp3) is 0.647. The third-order valence-electron chi connectivity index (χ3n) is 4.04. The quantitative estimate of drug-likeness (QED) is 0.676. The number of hydrogen-bond acceptors (Lipinski definition) is 2. The molecule has 4 atom stereocenters. The third kappa shape index (κ3) is 3.48. The molecule has 0 amide bonds. The van der Waals surface area contributed by atoms with E-state index in [0.29, 0.717) is 5.92 Å². The SMILES string of the molecule is CCCOC1C(Cl)CC1Oc1ccccc1C(C)CC. The minimum Gasteiger partial charge on any atom is -0.487 e. The molecule has 2 rings (SSSR count). The summed E-state index contributed by atoms with van der Waals surface area (Å²) in [6, 6.07) is 8.31. The Morgan fingerprint density at radius 1 is 1.30 bits per heavy atom. The van der Waals surface area contributed by atoms with Crippen LogP contribution in [0.4, 0.5) is 0 Å². The highest BCUT2D eigenvalue weighted by atomic mass is 35.5. The topological polar surface area (TPSA) is 18.5 Å². The van der Waals surface area contributed by atoms with Crippen molar-refractivity contribution in [1.29, 1.82) is 0 Å². The van der Waals surface area contributed by atoms with Gasteiger partial charge in [0.25, 0.3) is 0 Å². The van der Waals surface area contributed by atoms with Gasteiger partial charge in [0, 0.05) is 13.0 Å². The zero-order valence-corrected chi connectivity index (χ0v) is 13.4. The molecule has 2 nitrogen and oxygen atoms in total. The maximum Gasteiger partial charge on any atom is 0.128 e. The first kappa shape index (κ1) is 15.7. The van der Waals surface area contributed by atoms with Crippen LogP contribution in [0.5, 0.6) is 5.75 Å². The normalized spacial score (nSPS) is 26.9. The van der Waals surface area contributed by atoms with Gasteiger partial charge in [0.1, 0.15) is 18.0 Å². The van der Waals surface area contributed by atoms with Gasteiger partial charge < -0.3 is 9.47 Å². The Balaban J connectivity index is 2.03. The van der Waals surface area contributed by atoms with E-state index < -0.39 is 0 Å². The average molecular weight is 297 g/mol. The summed E-state index contributed by atoms with van der Waals surface area (Å²) < 4.78 is 12.0. The molecule has 0 heterocycles. The smallest absolute Gasteiger partial charge is 0.128 e. The van der Waals surface area contributed by atoms with Crippen molar-refractivity contribution in [3.63, 3.8) is 0 Å². The van der Waals surface area contributed by atoms with Crippen molar-refractivity contribution in [2.75, 3.05) is 6.61 Å². The number of rotatable bonds is 7. The summed E-state index contributed by atoms with van der Waals surface area (Å²) in [5.74, 6) is 1.49. The zero-order valence-electron chi connectivity index (χ0n) is 12.6. The van der Waals surface area contributed by atoms with Crippen LogP contribution in [-0.4, -0.2) is 24.2 Å². The monoisotopic (exact) mass is 296 g/mol. The van der Waals surface area contributed by atoms with Crippen LogP contribution in [0.15, 0.2) is 24.3 Å². The molecule has 1 aliphatic rings. The Labute approximate surface area is 127 Å².